The molecule has 2 aliphatic heterocycles. The molecule has 6 nitrogen and oxygen atoms in total. The minimum Gasteiger partial charge on any atom is -0.486 e. The van der Waals surface area contributed by atoms with Crippen molar-refractivity contribution in [3.8, 4) is 17.0 Å². The normalized spacial score (nSPS) is 16.3. The Balaban J connectivity index is 1.37. The van der Waals surface area contributed by atoms with Crippen molar-refractivity contribution in [1.29, 1.82) is 0 Å². The second-order valence-corrected chi connectivity index (χ2v) is 12.3. The molecule has 0 N–H and O–H groups in total. The predicted molar refractivity (Wildman–Crippen MR) is 153 cm³/mol. The van der Waals surface area contributed by atoms with Crippen LogP contribution in [0.4, 0.5) is 24.5 Å². The maximum absolute atomic E-state index is 15.1. The molecule has 0 saturated carbocycles. The van der Waals surface area contributed by atoms with Crippen molar-refractivity contribution >= 4 is 11.4 Å². The molecule has 0 radical (unpaired) electrons. The predicted octanol–water partition coefficient (Wildman–Crippen LogP) is 5.93. The second-order valence-electron chi connectivity index (χ2n) is 12.3. The van der Waals surface area contributed by atoms with Gasteiger partial charge < -0.3 is 19.4 Å². The van der Waals surface area contributed by atoms with Gasteiger partial charge in [-0.3, -0.25) is 0 Å². The molecule has 0 aliphatic carbocycles. The van der Waals surface area contributed by atoms with E-state index in [2.05, 4.69) is 59.5 Å². The molecular formula is C31H38F3N5O. The Kier molecular flexibility index (Phi) is 7.95. The maximum Gasteiger partial charge on any atom is 0.178 e. The van der Waals surface area contributed by atoms with Crippen molar-refractivity contribution in [2.24, 2.45) is 5.41 Å². The minimum absolute atomic E-state index is 0.00818. The largest absolute Gasteiger partial charge is 0.486 e. The maximum atomic E-state index is 15.1. The first-order valence-electron chi connectivity index (χ1n) is 13.9. The fourth-order valence-corrected chi connectivity index (χ4v) is 5.62. The zero-order valence-corrected chi connectivity index (χ0v) is 24.0. The van der Waals surface area contributed by atoms with Crippen molar-refractivity contribution in [3.63, 3.8) is 0 Å². The van der Waals surface area contributed by atoms with Gasteiger partial charge in [-0.1, -0.05) is 26.8 Å². The molecule has 3 heterocycles. The molecule has 1 fully saturated rings. The number of ether oxygens (including phenoxy) is 1. The fourth-order valence-electron chi connectivity index (χ4n) is 5.62. The Morgan fingerprint density at radius 1 is 0.950 bits per heavy atom. The number of nitrogens with zero attached hydrogens (tertiary/aromatic N) is 5. The van der Waals surface area contributed by atoms with Crippen LogP contribution in [0.5, 0.6) is 5.75 Å². The van der Waals surface area contributed by atoms with Gasteiger partial charge >= 0.3 is 0 Å². The Hall–Kier alpha value is -3.33. The minimum atomic E-state index is -0.648. The van der Waals surface area contributed by atoms with Gasteiger partial charge in [-0.2, -0.15) is 0 Å². The molecule has 0 spiro atoms. The molecule has 0 amide bonds. The van der Waals surface area contributed by atoms with Crippen LogP contribution >= 0.6 is 0 Å². The van der Waals surface area contributed by atoms with E-state index in [0.29, 0.717) is 54.1 Å². The van der Waals surface area contributed by atoms with Gasteiger partial charge in [-0.25, -0.2) is 23.1 Å². The summed E-state index contributed by atoms with van der Waals surface area (Å²) in [5.74, 6) is -0.992. The molecule has 40 heavy (non-hydrogen) atoms. The molecule has 2 aromatic carbocycles. The van der Waals surface area contributed by atoms with Gasteiger partial charge in [0.1, 0.15) is 23.9 Å². The SMILES string of the molecule is CN(C)C1CCN(c2ccc(Cc3ncc(F)c(-c4cc(F)c5c(c4)N(CC(C)(C)C)CCO5)n3)cc2F)CC1. The smallest absolute Gasteiger partial charge is 0.178 e. The van der Waals surface area contributed by atoms with Crippen LogP contribution in [0.2, 0.25) is 0 Å². The molecule has 1 aromatic heterocycles. The summed E-state index contributed by atoms with van der Waals surface area (Å²) in [7, 11) is 4.16. The van der Waals surface area contributed by atoms with Crippen LogP contribution in [-0.4, -0.2) is 67.8 Å². The summed E-state index contributed by atoms with van der Waals surface area (Å²) >= 11 is 0. The van der Waals surface area contributed by atoms with E-state index in [1.807, 2.05) is 6.07 Å². The van der Waals surface area contributed by atoms with E-state index >= 15 is 8.78 Å². The summed E-state index contributed by atoms with van der Waals surface area (Å²) < 4.78 is 50.9. The third-order valence-electron chi connectivity index (χ3n) is 7.61. The monoisotopic (exact) mass is 553 g/mol. The van der Waals surface area contributed by atoms with Gasteiger partial charge in [0.25, 0.3) is 0 Å². The Bertz CT molecular complexity index is 1370. The molecule has 3 aromatic rings. The number of aromatic nitrogens is 2. The standard InChI is InChI=1S/C31H38F3N5O/c1-31(2,3)19-39-12-13-40-30-24(33)16-21(17-27(30)39)29-25(34)18-35-28(36-29)15-20-6-7-26(23(32)14-20)38-10-8-22(9-11-38)37(4)5/h6-7,14,16-18,22H,8-13,15,19H2,1-5H3. The van der Waals surface area contributed by atoms with Gasteiger partial charge in [0.15, 0.2) is 17.4 Å². The lowest BCUT2D eigenvalue weighted by atomic mass is 9.95. The van der Waals surface area contributed by atoms with Gasteiger partial charge in [-0.05, 0) is 62.2 Å². The molecule has 0 bridgehead atoms. The summed E-state index contributed by atoms with van der Waals surface area (Å²) in [4.78, 5) is 15.0. The number of hydrogen-bond acceptors (Lipinski definition) is 6. The molecule has 5 rings (SSSR count). The summed E-state index contributed by atoms with van der Waals surface area (Å²) in [5, 5.41) is 0. The highest BCUT2D eigenvalue weighted by Gasteiger charge is 2.27. The third-order valence-corrected chi connectivity index (χ3v) is 7.61. The van der Waals surface area contributed by atoms with E-state index < -0.39 is 11.6 Å². The number of rotatable bonds is 6. The van der Waals surface area contributed by atoms with Gasteiger partial charge in [0.2, 0.25) is 0 Å². The van der Waals surface area contributed by atoms with Gasteiger partial charge in [0, 0.05) is 37.7 Å². The molecule has 0 atom stereocenters. The highest BCUT2D eigenvalue weighted by Crippen LogP contribution is 2.39. The summed E-state index contributed by atoms with van der Waals surface area (Å²) in [5.41, 5.74) is 2.15. The summed E-state index contributed by atoms with van der Waals surface area (Å²) in [6.07, 6.45) is 3.30. The molecular weight excluding hydrogens is 515 g/mol. The van der Waals surface area contributed by atoms with E-state index in [4.69, 9.17) is 4.74 Å². The molecule has 214 valence electrons. The van der Waals surface area contributed by atoms with Crippen molar-refractivity contribution in [2.45, 2.75) is 46.1 Å². The topological polar surface area (TPSA) is 44.7 Å². The van der Waals surface area contributed by atoms with Crippen molar-refractivity contribution in [1.82, 2.24) is 14.9 Å². The average molecular weight is 554 g/mol. The Labute approximate surface area is 234 Å². The van der Waals surface area contributed by atoms with Crippen molar-refractivity contribution in [2.75, 3.05) is 56.7 Å². The van der Waals surface area contributed by atoms with Crippen LogP contribution in [0.15, 0.2) is 36.5 Å². The quantitative estimate of drug-likeness (QED) is 0.377. The summed E-state index contributed by atoms with van der Waals surface area (Å²) in [6.45, 7) is 9.63. The van der Waals surface area contributed by atoms with Gasteiger partial charge in [0.05, 0.1) is 24.1 Å². The van der Waals surface area contributed by atoms with Crippen LogP contribution in [-0.2, 0) is 6.42 Å². The lowest BCUT2D eigenvalue weighted by molar-refractivity contribution is 0.249. The van der Waals surface area contributed by atoms with Crippen LogP contribution in [0.25, 0.3) is 11.3 Å². The number of halogens is 3. The second kappa shape index (κ2) is 11.3. The van der Waals surface area contributed by atoms with Crippen LogP contribution in [0.1, 0.15) is 45.0 Å². The zero-order chi connectivity index (χ0) is 28.6. The van der Waals surface area contributed by atoms with Crippen molar-refractivity contribution in [3.05, 3.63) is 65.4 Å². The number of anilines is 2. The zero-order valence-electron chi connectivity index (χ0n) is 24.0. The van der Waals surface area contributed by atoms with Crippen LogP contribution < -0.4 is 14.5 Å². The van der Waals surface area contributed by atoms with E-state index in [9.17, 15) is 4.39 Å². The molecule has 1 saturated heterocycles. The highest BCUT2D eigenvalue weighted by atomic mass is 19.1. The summed E-state index contributed by atoms with van der Waals surface area (Å²) in [6, 6.07) is 8.66. The average Bonchev–Trinajstić information content (AvgIpc) is 2.89. The highest BCUT2D eigenvalue weighted by molar-refractivity contribution is 5.72. The Morgan fingerprint density at radius 2 is 1.70 bits per heavy atom. The molecule has 9 heteroatoms. The first kappa shape index (κ1) is 28.2. The first-order valence-corrected chi connectivity index (χ1v) is 13.9. The van der Waals surface area contributed by atoms with Crippen LogP contribution in [0.3, 0.4) is 0 Å². The van der Waals surface area contributed by atoms with E-state index in [1.54, 1.807) is 12.1 Å². The third kappa shape index (κ3) is 6.19. The number of fused-ring (bicyclic) bond motifs is 1. The van der Waals surface area contributed by atoms with E-state index in [-0.39, 0.29) is 29.1 Å². The van der Waals surface area contributed by atoms with Crippen LogP contribution in [0, 0.1) is 22.9 Å². The first-order chi connectivity index (χ1) is 19.0. The number of hydrogen-bond donors (Lipinski definition) is 0. The number of benzene rings is 2. The lowest BCUT2D eigenvalue weighted by Crippen LogP contribution is -2.42. The lowest BCUT2D eigenvalue weighted by Gasteiger charge is -2.36. The molecule has 2 aliphatic rings. The van der Waals surface area contributed by atoms with E-state index in [1.165, 1.54) is 12.1 Å². The van der Waals surface area contributed by atoms with Crippen molar-refractivity contribution < 1.29 is 17.9 Å². The molecule has 0 unspecified atom stereocenters. The fraction of sp³-hybridized carbons (Fsp3) is 0.484. The van der Waals surface area contributed by atoms with Gasteiger partial charge in [-0.15, -0.1) is 0 Å². The Morgan fingerprint density at radius 3 is 2.38 bits per heavy atom. The number of piperidine rings is 1. The van der Waals surface area contributed by atoms with E-state index in [0.717, 1.165) is 32.1 Å².